The molecular weight excluding hydrogens is 197 g/mol. The summed E-state index contributed by atoms with van der Waals surface area (Å²) in [5.41, 5.74) is 10.6. The molecule has 0 aliphatic heterocycles. The minimum Gasteiger partial charge on any atom is -0.330 e. The monoisotopic (exact) mass is 217 g/mol. The lowest BCUT2D eigenvalue weighted by Gasteiger charge is -2.01. The van der Waals surface area contributed by atoms with Gasteiger partial charge in [0.2, 0.25) is 0 Å². The van der Waals surface area contributed by atoms with Gasteiger partial charge in [0.05, 0.1) is 0 Å². The van der Waals surface area contributed by atoms with E-state index < -0.39 is 0 Å². The second kappa shape index (κ2) is 17.5. The van der Waals surface area contributed by atoms with E-state index in [1.807, 2.05) is 0 Å². The molecule has 0 fully saturated rings. The maximum atomic E-state index is 5.32. The van der Waals surface area contributed by atoms with Crippen LogP contribution in [-0.4, -0.2) is 26.2 Å². The second-order valence-corrected chi connectivity index (χ2v) is 2.39. The van der Waals surface area contributed by atoms with Crippen LogP contribution < -0.4 is 16.8 Å². The van der Waals surface area contributed by atoms with Gasteiger partial charge in [-0.2, -0.15) is 0 Å². The lowest BCUT2D eigenvalue weighted by molar-refractivity contribution is 0.611. The molecular formula is C7H21Cl2N3. The predicted octanol–water partition coefficient (Wildman–Crippen LogP) is 0.507. The molecule has 0 radical (unpaired) electrons. The van der Waals surface area contributed by atoms with Crippen molar-refractivity contribution in [3.63, 3.8) is 0 Å². The van der Waals surface area contributed by atoms with Gasteiger partial charge in [0.1, 0.15) is 0 Å². The lowest BCUT2D eigenvalue weighted by atomic mass is 10.3. The highest BCUT2D eigenvalue weighted by molar-refractivity contribution is 5.85. The number of rotatable bonds is 7. The molecule has 12 heavy (non-hydrogen) atoms. The molecule has 0 unspecified atom stereocenters. The second-order valence-electron chi connectivity index (χ2n) is 2.39. The Labute approximate surface area is 87.5 Å². The summed E-state index contributed by atoms with van der Waals surface area (Å²) >= 11 is 0. The van der Waals surface area contributed by atoms with Gasteiger partial charge in [-0.15, -0.1) is 24.8 Å². The van der Waals surface area contributed by atoms with Crippen LogP contribution in [-0.2, 0) is 0 Å². The average molecular weight is 218 g/mol. The Morgan fingerprint density at radius 3 is 1.75 bits per heavy atom. The normalized spacial score (nSPS) is 8.50. The van der Waals surface area contributed by atoms with Crippen LogP contribution in [0, 0.1) is 0 Å². The third-order valence-corrected chi connectivity index (χ3v) is 1.37. The largest absolute Gasteiger partial charge is 0.330 e. The Morgan fingerprint density at radius 2 is 1.25 bits per heavy atom. The fourth-order valence-corrected chi connectivity index (χ4v) is 0.746. The van der Waals surface area contributed by atoms with Gasteiger partial charge in [0.15, 0.2) is 0 Å². The Morgan fingerprint density at radius 1 is 0.750 bits per heavy atom. The first kappa shape index (κ1) is 18.3. The van der Waals surface area contributed by atoms with Crippen LogP contribution >= 0.6 is 24.8 Å². The number of hydrogen-bond acceptors (Lipinski definition) is 3. The van der Waals surface area contributed by atoms with E-state index in [9.17, 15) is 0 Å². The van der Waals surface area contributed by atoms with E-state index >= 15 is 0 Å². The van der Waals surface area contributed by atoms with Crippen LogP contribution in [0.1, 0.15) is 19.3 Å². The quantitative estimate of drug-likeness (QED) is 0.545. The van der Waals surface area contributed by atoms with Gasteiger partial charge in [0, 0.05) is 0 Å². The van der Waals surface area contributed by atoms with Gasteiger partial charge < -0.3 is 16.8 Å². The Kier molecular flexibility index (Phi) is 26.7. The number of nitrogens with one attached hydrogen (secondary N) is 1. The Bertz CT molecular complexity index is 56.6. The van der Waals surface area contributed by atoms with E-state index in [2.05, 4.69) is 5.32 Å². The molecule has 0 aliphatic rings. The molecule has 3 nitrogen and oxygen atoms in total. The van der Waals surface area contributed by atoms with Gasteiger partial charge in [0.25, 0.3) is 0 Å². The van der Waals surface area contributed by atoms with Gasteiger partial charge in [-0.25, -0.2) is 0 Å². The summed E-state index contributed by atoms with van der Waals surface area (Å²) in [6, 6.07) is 0. The zero-order chi connectivity index (χ0) is 7.66. The minimum atomic E-state index is 0. The summed E-state index contributed by atoms with van der Waals surface area (Å²) in [4.78, 5) is 0. The van der Waals surface area contributed by atoms with Gasteiger partial charge in [-0.1, -0.05) is 0 Å². The van der Waals surface area contributed by atoms with Crippen molar-refractivity contribution in [1.29, 1.82) is 0 Å². The molecule has 0 aromatic heterocycles. The molecule has 0 rings (SSSR count). The van der Waals surface area contributed by atoms with Gasteiger partial charge in [-0.05, 0) is 45.4 Å². The van der Waals surface area contributed by atoms with Crippen molar-refractivity contribution >= 4 is 24.8 Å². The fraction of sp³-hybridized carbons (Fsp3) is 1.00. The minimum absolute atomic E-state index is 0. The first-order chi connectivity index (χ1) is 4.91. The topological polar surface area (TPSA) is 64.1 Å². The molecule has 0 amide bonds. The zero-order valence-corrected chi connectivity index (χ0v) is 9.05. The van der Waals surface area contributed by atoms with E-state index in [-0.39, 0.29) is 24.8 Å². The lowest BCUT2D eigenvalue weighted by Crippen LogP contribution is -2.19. The van der Waals surface area contributed by atoms with Crippen LogP contribution in [0.2, 0.25) is 0 Å². The van der Waals surface area contributed by atoms with Crippen molar-refractivity contribution in [3.8, 4) is 0 Å². The zero-order valence-electron chi connectivity index (χ0n) is 7.42. The summed E-state index contributed by atoms with van der Waals surface area (Å²) in [6.45, 7) is 3.71. The predicted molar refractivity (Wildman–Crippen MR) is 59.3 cm³/mol. The highest BCUT2D eigenvalue weighted by atomic mass is 35.5. The van der Waals surface area contributed by atoms with E-state index in [0.29, 0.717) is 0 Å². The van der Waals surface area contributed by atoms with Crippen molar-refractivity contribution in [2.24, 2.45) is 11.5 Å². The Balaban J connectivity index is -0.000000405. The molecule has 78 valence electrons. The molecule has 0 aliphatic carbocycles. The number of hydrogen-bond donors (Lipinski definition) is 3. The first-order valence-electron chi connectivity index (χ1n) is 4.02. The number of halogens is 2. The standard InChI is InChI=1S/C7H19N3.2ClH/c8-4-1-2-6-10-7-3-5-9;;/h10H,1-9H2;2*1H. The van der Waals surface area contributed by atoms with Crippen LogP contribution in [0.15, 0.2) is 0 Å². The third-order valence-electron chi connectivity index (χ3n) is 1.37. The fourth-order valence-electron chi connectivity index (χ4n) is 0.746. The van der Waals surface area contributed by atoms with Crippen LogP contribution in [0.3, 0.4) is 0 Å². The van der Waals surface area contributed by atoms with E-state index in [4.69, 9.17) is 11.5 Å². The molecule has 0 spiro atoms. The SMILES string of the molecule is Cl.Cl.NCCCCNCCCN. The Hall–Kier alpha value is 0.460. The van der Waals surface area contributed by atoms with Crippen molar-refractivity contribution in [2.45, 2.75) is 19.3 Å². The van der Waals surface area contributed by atoms with Crippen molar-refractivity contribution in [3.05, 3.63) is 0 Å². The summed E-state index contributed by atoms with van der Waals surface area (Å²) in [7, 11) is 0. The average Bonchev–Trinajstić information content (AvgIpc) is 1.97. The smallest absolute Gasteiger partial charge is 0.00369 e. The number of nitrogens with two attached hydrogens (primary N) is 2. The molecule has 5 N–H and O–H groups in total. The summed E-state index contributed by atoms with van der Waals surface area (Å²) < 4.78 is 0. The molecule has 0 atom stereocenters. The molecule has 0 aromatic carbocycles. The molecule has 0 saturated heterocycles. The summed E-state index contributed by atoms with van der Waals surface area (Å²) in [6.07, 6.45) is 3.37. The van der Waals surface area contributed by atoms with E-state index in [0.717, 1.165) is 39.0 Å². The van der Waals surface area contributed by atoms with E-state index in [1.54, 1.807) is 0 Å². The molecule has 0 heterocycles. The highest BCUT2D eigenvalue weighted by Crippen LogP contribution is 1.81. The third kappa shape index (κ3) is 16.8. The van der Waals surface area contributed by atoms with Crippen LogP contribution in [0.5, 0.6) is 0 Å². The van der Waals surface area contributed by atoms with Crippen LogP contribution in [0.25, 0.3) is 0 Å². The van der Waals surface area contributed by atoms with Gasteiger partial charge in [-0.3, -0.25) is 0 Å². The van der Waals surface area contributed by atoms with Crippen LogP contribution in [0.4, 0.5) is 0 Å². The maximum Gasteiger partial charge on any atom is -0.00369 e. The van der Waals surface area contributed by atoms with Gasteiger partial charge >= 0.3 is 0 Å². The van der Waals surface area contributed by atoms with Crippen molar-refractivity contribution in [1.82, 2.24) is 5.32 Å². The summed E-state index contributed by atoms with van der Waals surface area (Å²) in [5, 5.41) is 3.29. The maximum absolute atomic E-state index is 5.32. The molecule has 0 bridgehead atoms. The number of unbranched alkanes of at least 4 members (excludes halogenated alkanes) is 1. The summed E-state index contributed by atoms with van der Waals surface area (Å²) in [5.74, 6) is 0. The van der Waals surface area contributed by atoms with E-state index in [1.165, 1.54) is 6.42 Å². The molecule has 0 saturated carbocycles. The molecule has 0 aromatic rings. The van der Waals surface area contributed by atoms with Crippen molar-refractivity contribution < 1.29 is 0 Å². The highest BCUT2D eigenvalue weighted by Gasteiger charge is 1.85. The van der Waals surface area contributed by atoms with Crippen molar-refractivity contribution in [2.75, 3.05) is 26.2 Å². The first-order valence-corrected chi connectivity index (χ1v) is 4.02. The molecule has 5 heteroatoms.